The predicted molar refractivity (Wildman–Crippen MR) is 151 cm³/mol. The SMILES string of the molecule is CCCc1ccc(OCc2ccc(C(=O)Nc3ccc(OCc4ccc(OCC)c(OCC)c4)cc3)o2)cc1. The van der Waals surface area contributed by atoms with E-state index in [0.29, 0.717) is 42.8 Å². The molecule has 0 aliphatic rings. The van der Waals surface area contributed by atoms with Crippen molar-refractivity contribution in [3.05, 3.63) is 102 Å². The van der Waals surface area contributed by atoms with Gasteiger partial charge in [0.25, 0.3) is 5.91 Å². The Labute approximate surface area is 229 Å². The molecular weight excluding hydrogens is 494 g/mol. The topological polar surface area (TPSA) is 79.2 Å². The van der Waals surface area contributed by atoms with E-state index in [1.165, 1.54) is 5.56 Å². The lowest BCUT2D eigenvalue weighted by atomic mass is 10.1. The Balaban J connectivity index is 1.26. The van der Waals surface area contributed by atoms with Crippen molar-refractivity contribution >= 4 is 11.6 Å². The molecule has 0 unspecified atom stereocenters. The van der Waals surface area contributed by atoms with E-state index in [4.69, 9.17) is 23.4 Å². The molecule has 4 rings (SSSR count). The molecule has 0 spiro atoms. The van der Waals surface area contributed by atoms with Crippen LogP contribution in [0.5, 0.6) is 23.0 Å². The molecule has 0 radical (unpaired) electrons. The number of aryl methyl sites for hydroxylation is 1. The number of rotatable bonds is 14. The van der Waals surface area contributed by atoms with Crippen LogP contribution in [0, 0.1) is 0 Å². The summed E-state index contributed by atoms with van der Waals surface area (Å²) in [5.74, 6) is 3.31. The summed E-state index contributed by atoms with van der Waals surface area (Å²) in [6.07, 6.45) is 2.16. The average molecular weight is 530 g/mol. The Morgan fingerprint density at radius 2 is 1.33 bits per heavy atom. The largest absolute Gasteiger partial charge is 0.490 e. The lowest BCUT2D eigenvalue weighted by Gasteiger charge is -2.13. The van der Waals surface area contributed by atoms with Crippen molar-refractivity contribution in [2.24, 2.45) is 0 Å². The monoisotopic (exact) mass is 529 g/mol. The van der Waals surface area contributed by atoms with Crippen molar-refractivity contribution in [3.8, 4) is 23.0 Å². The first-order valence-corrected chi connectivity index (χ1v) is 13.3. The summed E-state index contributed by atoms with van der Waals surface area (Å²) in [6, 6.07) is 24.4. The molecule has 0 aliphatic carbocycles. The Hall–Kier alpha value is -4.39. The van der Waals surface area contributed by atoms with Crippen molar-refractivity contribution in [2.45, 2.75) is 46.8 Å². The number of nitrogens with one attached hydrogen (secondary N) is 1. The Kier molecular flexibility index (Phi) is 9.89. The van der Waals surface area contributed by atoms with Gasteiger partial charge in [0.05, 0.1) is 13.2 Å². The molecule has 204 valence electrons. The maximum absolute atomic E-state index is 12.7. The van der Waals surface area contributed by atoms with Crippen molar-refractivity contribution in [1.82, 2.24) is 0 Å². The summed E-state index contributed by atoms with van der Waals surface area (Å²) in [7, 11) is 0. The van der Waals surface area contributed by atoms with Gasteiger partial charge in [-0.25, -0.2) is 0 Å². The van der Waals surface area contributed by atoms with Crippen LogP contribution < -0.4 is 24.3 Å². The molecule has 1 heterocycles. The van der Waals surface area contributed by atoms with Gasteiger partial charge in [0.1, 0.15) is 30.5 Å². The number of furan rings is 1. The van der Waals surface area contributed by atoms with Crippen LogP contribution in [0.3, 0.4) is 0 Å². The van der Waals surface area contributed by atoms with Gasteiger partial charge in [0, 0.05) is 5.69 Å². The zero-order chi connectivity index (χ0) is 27.5. The number of hydrogen-bond acceptors (Lipinski definition) is 6. The van der Waals surface area contributed by atoms with Crippen molar-refractivity contribution < 1.29 is 28.2 Å². The van der Waals surface area contributed by atoms with Crippen LogP contribution in [-0.4, -0.2) is 19.1 Å². The molecule has 0 saturated heterocycles. The standard InChI is InChI=1S/C32H35NO6/c1-4-7-23-8-13-26(14-9-23)38-22-28-17-19-30(39-28)32(34)33-25-11-15-27(16-12-25)37-21-24-10-18-29(35-5-2)31(20-24)36-6-3/h8-20H,4-7,21-22H2,1-3H3,(H,33,34). The molecule has 3 aromatic carbocycles. The minimum absolute atomic E-state index is 0.216. The second-order valence-electron chi connectivity index (χ2n) is 8.86. The predicted octanol–water partition coefficient (Wildman–Crippen LogP) is 7.44. The molecule has 39 heavy (non-hydrogen) atoms. The quantitative estimate of drug-likeness (QED) is 0.183. The van der Waals surface area contributed by atoms with Crippen LogP contribution in [-0.2, 0) is 19.6 Å². The molecule has 4 aromatic rings. The minimum atomic E-state index is -0.336. The van der Waals surface area contributed by atoms with Crippen molar-refractivity contribution in [1.29, 1.82) is 0 Å². The number of benzene rings is 3. The van der Waals surface area contributed by atoms with Gasteiger partial charge in [-0.2, -0.15) is 0 Å². The van der Waals surface area contributed by atoms with Gasteiger partial charge in [0.15, 0.2) is 17.3 Å². The molecule has 7 heteroatoms. The van der Waals surface area contributed by atoms with Crippen LogP contribution in [0.2, 0.25) is 0 Å². The third-order valence-corrected chi connectivity index (χ3v) is 5.85. The van der Waals surface area contributed by atoms with Gasteiger partial charge in [-0.3, -0.25) is 4.79 Å². The van der Waals surface area contributed by atoms with Gasteiger partial charge in [0.2, 0.25) is 0 Å². The van der Waals surface area contributed by atoms with Crippen LogP contribution in [0.15, 0.2) is 83.3 Å². The second kappa shape index (κ2) is 14.0. The van der Waals surface area contributed by atoms with E-state index in [1.807, 2.05) is 44.2 Å². The Morgan fingerprint density at radius 3 is 2.03 bits per heavy atom. The number of carbonyl (C=O) groups is 1. The smallest absolute Gasteiger partial charge is 0.291 e. The van der Waals surface area contributed by atoms with E-state index in [9.17, 15) is 4.79 Å². The number of anilines is 1. The zero-order valence-corrected chi connectivity index (χ0v) is 22.7. The van der Waals surface area contributed by atoms with Gasteiger partial charge in [-0.05, 0) is 92.1 Å². The number of carbonyl (C=O) groups excluding carboxylic acids is 1. The fourth-order valence-electron chi connectivity index (χ4n) is 3.95. The highest BCUT2D eigenvalue weighted by molar-refractivity contribution is 6.02. The first kappa shape index (κ1) is 27.6. The number of amides is 1. The van der Waals surface area contributed by atoms with Crippen LogP contribution >= 0.6 is 0 Å². The van der Waals surface area contributed by atoms with Crippen LogP contribution in [0.4, 0.5) is 5.69 Å². The first-order chi connectivity index (χ1) is 19.1. The normalized spacial score (nSPS) is 10.6. The third-order valence-electron chi connectivity index (χ3n) is 5.85. The maximum atomic E-state index is 12.7. The van der Waals surface area contributed by atoms with E-state index in [2.05, 4.69) is 24.4 Å². The molecule has 0 fully saturated rings. The molecule has 1 aromatic heterocycles. The van der Waals surface area contributed by atoms with Gasteiger partial charge < -0.3 is 28.7 Å². The molecular formula is C32H35NO6. The molecule has 0 saturated carbocycles. The van der Waals surface area contributed by atoms with E-state index in [-0.39, 0.29) is 18.3 Å². The molecule has 0 bridgehead atoms. The molecule has 1 N–H and O–H groups in total. The summed E-state index contributed by atoms with van der Waals surface area (Å²) < 4.78 is 28.7. The lowest BCUT2D eigenvalue weighted by molar-refractivity contribution is 0.0992. The highest BCUT2D eigenvalue weighted by atomic mass is 16.5. The lowest BCUT2D eigenvalue weighted by Crippen LogP contribution is -2.10. The molecule has 7 nitrogen and oxygen atoms in total. The van der Waals surface area contributed by atoms with Gasteiger partial charge >= 0.3 is 0 Å². The van der Waals surface area contributed by atoms with Gasteiger partial charge in [-0.15, -0.1) is 0 Å². The van der Waals surface area contributed by atoms with E-state index in [1.54, 1.807) is 36.4 Å². The average Bonchev–Trinajstić information content (AvgIpc) is 3.43. The highest BCUT2D eigenvalue weighted by Crippen LogP contribution is 2.29. The molecule has 0 aliphatic heterocycles. The summed E-state index contributed by atoms with van der Waals surface area (Å²) in [4.78, 5) is 12.7. The summed E-state index contributed by atoms with van der Waals surface area (Å²) in [5.41, 5.74) is 2.88. The van der Waals surface area contributed by atoms with Crippen LogP contribution in [0.1, 0.15) is 54.6 Å². The van der Waals surface area contributed by atoms with E-state index < -0.39 is 0 Å². The summed E-state index contributed by atoms with van der Waals surface area (Å²) in [6.45, 7) is 7.77. The molecule has 1 amide bonds. The summed E-state index contributed by atoms with van der Waals surface area (Å²) in [5, 5.41) is 2.84. The Bertz CT molecular complexity index is 1330. The Morgan fingerprint density at radius 1 is 0.692 bits per heavy atom. The fraction of sp³-hybridized carbons (Fsp3) is 0.281. The third kappa shape index (κ3) is 8.04. The van der Waals surface area contributed by atoms with Gasteiger partial charge in [-0.1, -0.05) is 31.5 Å². The van der Waals surface area contributed by atoms with Crippen molar-refractivity contribution in [2.75, 3.05) is 18.5 Å². The fourth-order valence-corrected chi connectivity index (χ4v) is 3.95. The zero-order valence-electron chi connectivity index (χ0n) is 22.7. The second-order valence-corrected chi connectivity index (χ2v) is 8.86. The highest BCUT2D eigenvalue weighted by Gasteiger charge is 2.13. The van der Waals surface area contributed by atoms with Crippen molar-refractivity contribution in [3.63, 3.8) is 0 Å². The van der Waals surface area contributed by atoms with E-state index in [0.717, 1.165) is 29.9 Å². The minimum Gasteiger partial charge on any atom is -0.490 e. The number of hydrogen-bond donors (Lipinski definition) is 1. The molecule has 0 atom stereocenters. The maximum Gasteiger partial charge on any atom is 0.291 e. The summed E-state index contributed by atoms with van der Waals surface area (Å²) >= 11 is 0. The van der Waals surface area contributed by atoms with Crippen LogP contribution in [0.25, 0.3) is 0 Å². The van der Waals surface area contributed by atoms with E-state index >= 15 is 0 Å². The number of ether oxygens (including phenoxy) is 4. The first-order valence-electron chi connectivity index (χ1n) is 13.3.